The van der Waals surface area contributed by atoms with Gasteiger partial charge in [0.1, 0.15) is 5.82 Å². The quantitative estimate of drug-likeness (QED) is 0.737. The summed E-state index contributed by atoms with van der Waals surface area (Å²) in [6.07, 6.45) is 0. The van der Waals surface area contributed by atoms with Crippen LogP contribution in [0.5, 0.6) is 0 Å². The van der Waals surface area contributed by atoms with Crippen molar-refractivity contribution in [3.05, 3.63) is 64.5 Å². The Morgan fingerprint density at radius 3 is 2.54 bits per heavy atom. The van der Waals surface area contributed by atoms with Gasteiger partial charge in [0.05, 0.1) is 6.61 Å². The van der Waals surface area contributed by atoms with Gasteiger partial charge in [-0.25, -0.2) is 9.18 Å². The molecule has 24 heavy (non-hydrogen) atoms. The number of urea groups is 1. The standard InChI is InChI=1S/C18H19FN2O3/c1-11-7-15(4-5-16(11)12(2)23)21-18(24)20-9-13-3-6-17(19)14(8-13)10-22/h3-8,22H,9-10H2,1-2H3,(H2,20,21,24). The number of hydrogen-bond acceptors (Lipinski definition) is 3. The molecular weight excluding hydrogens is 311 g/mol. The number of carbonyl (C=O) groups is 2. The van der Waals surface area contributed by atoms with E-state index in [0.717, 1.165) is 5.56 Å². The number of halogens is 1. The number of anilines is 1. The normalized spacial score (nSPS) is 10.3. The predicted molar refractivity (Wildman–Crippen MR) is 89.4 cm³/mol. The summed E-state index contributed by atoms with van der Waals surface area (Å²) in [5.41, 5.74) is 2.84. The summed E-state index contributed by atoms with van der Waals surface area (Å²) in [7, 11) is 0. The van der Waals surface area contributed by atoms with Gasteiger partial charge in [0, 0.05) is 23.4 Å². The average molecular weight is 330 g/mol. The lowest BCUT2D eigenvalue weighted by molar-refractivity contribution is 0.101. The molecule has 0 aliphatic carbocycles. The van der Waals surface area contributed by atoms with Crippen molar-refractivity contribution in [3.8, 4) is 0 Å². The Balaban J connectivity index is 1.96. The largest absolute Gasteiger partial charge is 0.392 e. The van der Waals surface area contributed by atoms with Gasteiger partial charge < -0.3 is 15.7 Å². The number of aryl methyl sites for hydroxylation is 1. The van der Waals surface area contributed by atoms with Crippen LogP contribution in [0.1, 0.15) is 34.0 Å². The van der Waals surface area contributed by atoms with Crippen LogP contribution in [0.4, 0.5) is 14.9 Å². The summed E-state index contributed by atoms with van der Waals surface area (Å²) in [6, 6.07) is 8.93. The fourth-order valence-corrected chi connectivity index (χ4v) is 2.35. The minimum Gasteiger partial charge on any atom is -0.392 e. The maximum absolute atomic E-state index is 13.3. The number of rotatable bonds is 5. The molecule has 6 heteroatoms. The molecule has 0 saturated heterocycles. The SMILES string of the molecule is CC(=O)c1ccc(NC(=O)NCc2ccc(F)c(CO)c2)cc1C. The molecule has 126 valence electrons. The zero-order valence-corrected chi connectivity index (χ0v) is 13.5. The number of Topliss-reactive ketones (excluding diaryl/α,β-unsaturated/α-hetero) is 1. The topological polar surface area (TPSA) is 78.4 Å². The van der Waals surface area contributed by atoms with Gasteiger partial charge in [0.15, 0.2) is 5.78 Å². The minimum absolute atomic E-state index is 0.0282. The molecule has 0 radical (unpaired) electrons. The zero-order chi connectivity index (χ0) is 17.7. The molecule has 0 unspecified atom stereocenters. The number of aliphatic hydroxyl groups excluding tert-OH is 1. The Kier molecular flexibility index (Phi) is 5.65. The molecule has 0 saturated carbocycles. The molecule has 2 aromatic carbocycles. The second-order valence-electron chi connectivity index (χ2n) is 5.48. The highest BCUT2D eigenvalue weighted by molar-refractivity contribution is 5.96. The van der Waals surface area contributed by atoms with E-state index in [1.165, 1.54) is 19.1 Å². The Labute approximate surface area is 139 Å². The molecule has 2 aromatic rings. The zero-order valence-electron chi connectivity index (χ0n) is 13.5. The number of benzene rings is 2. The molecule has 5 nitrogen and oxygen atoms in total. The third-order valence-corrected chi connectivity index (χ3v) is 3.60. The first-order valence-corrected chi connectivity index (χ1v) is 7.45. The van der Waals surface area contributed by atoms with E-state index in [1.807, 2.05) is 0 Å². The third-order valence-electron chi connectivity index (χ3n) is 3.60. The second-order valence-corrected chi connectivity index (χ2v) is 5.48. The van der Waals surface area contributed by atoms with Crippen molar-refractivity contribution >= 4 is 17.5 Å². The lowest BCUT2D eigenvalue weighted by atomic mass is 10.1. The van der Waals surface area contributed by atoms with Crippen LogP contribution < -0.4 is 10.6 Å². The summed E-state index contributed by atoms with van der Waals surface area (Å²) in [4.78, 5) is 23.3. The van der Waals surface area contributed by atoms with E-state index in [-0.39, 0.29) is 17.9 Å². The van der Waals surface area contributed by atoms with Crippen molar-refractivity contribution in [2.24, 2.45) is 0 Å². The predicted octanol–water partition coefficient (Wildman–Crippen LogP) is 3.15. The molecule has 3 N–H and O–H groups in total. The summed E-state index contributed by atoms with van der Waals surface area (Å²) in [5, 5.41) is 14.4. The maximum Gasteiger partial charge on any atom is 0.319 e. The summed E-state index contributed by atoms with van der Waals surface area (Å²) in [5.74, 6) is -0.508. The second kappa shape index (κ2) is 7.70. The number of hydrogen-bond donors (Lipinski definition) is 3. The molecule has 0 atom stereocenters. The van der Waals surface area contributed by atoms with Gasteiger partial charge in [0.2, 0.25) is 0 Å². The van der Waals surface area contributed by atoms with E-state index in [0.29, 0.717) is 16.8 Å². The highest BCUT2D eigenvalue weighted by Gasteiger charge is 2.08. The fraction of sp³-hybridized carbons (Fsp3) is 0.222. The molecule has 2 amide bonds. The minimum atomic E-state index is -0.480. The number of nitrogens with one attached hydrogen (secondary N) is 2. The Hall–Kier alpha value is -2.73. The van der Waals surface area contributed by atoms with Crippen molar-refractivity contribution in [1.29, 1.82) is 0 Å². The van der Waals surface area contributed by atoms with E-state index < -0.39 is 18.5 Å². The molecular formula is C18H19FN2O3. The first-order chi connectivity index (χ1) is 11.4. The number of carbonyl (C=O) groups excluding carboxylic acids is 2. The van der Waals surface area contributed by atoms with E-state index in [2.05, 4.69) is 10.6 Å². The van der Waals surface area contributed by atoms with Gasteiger partial charge in [-0.2, -0.15) is 0 Å². The van der Waals surface area contributed by atoms with Crippen LogP contribution in [0.2, 0.25) is 0 Å². The fourth-order valence-electron chi connectivity index (χ4n) is 2.35. The smallest absolute Gasteiger partial charge is 0.319 e. The lowest BCUT2D eigenvalue weighted by Gasteiger charge is -2.10. The van der Waals surface area contributed by atoms with Crippen LogP contribution in [-0.4, -0.2) is 16.9 Å². The van der Waals surface area contributed by atoms with Gasteiger partial charge >= 0.3 is 6.03 Å². The summed E-state index contributed by atoms with van der Waals surface area (Å²) in [6.45, 7) is 3.09. The summed E-state index contributed by atoms with van der Waals surface area (Å²) < 4.78 is 13.3. The van der Waals surface area contributed by atoms with Gasteiger partial charge in [-0.15, -0.1) is 0 Å². The first kappa shape index (κ1) is 17.6. The van der Waals surface area contributed by atoms with Crippen LogP contribution in [-0.2, 0) is 13.2 Å². The highest BCUT2D eigenvalue weighted by atomic mass is 19.1. The summed E-state index contributed by atoms with van der Waals surface area (Å²) >= 11 is 0. The number of aliphatic hydroxyl groups is 1. The van der Waals surface area contributed by atoms with Crippen molar-refractivity contribution in [3.63, 3.8) is 0 Å². The van der Waals surface area contributed by atoms with Crippen molar-refractivity contribution in [1.82, 2.24) is 5.32 Å². The molecule has 0 spiro atoms. The van der Waals surface area contributed by atoms with Crippen LogP contribution in [0.25, 0.3) is 0 Å². The Bertz CT molecular complexity index is 775. The monoisotopic (exact) mass is 330 g/mol. The van der Waals surface area contributed by atoms with E-state index >= 15 is 0 Å². The highest BCUT2D eigenvalue weighted by Crippen LogP contribution is 2.16. The third kappa shape index (κ3) is 4.39. The van der Waals surface area contributed by atoms with Crippen molar-refractivity contribution in [2.75, 3.05) is 5.32 Å². The van der Waals surface area contributed by atoms with Crippen LogP contribution in [0.3, 0.4) is 0 Å². The average Bonchev–Trinajstić information content (AvgIpc) is 2.53. The molecule has 2 rings (SSSR count). The van der Waals surface area contributed by atoms with Crippen molar-refractivity contribution in [2.45, 2.75) is 27.0 Å². The molecule has 0 heterocycles. The Morgan fingerprint density at radius 2 is 1.92 bits per heavy atom. The maximum atomic E-state index is 13.3. The first-order valence-electron chi connectivity index (χ1n) is 7.45. The lowest BCUT2D eigenvalue weighted by Crippen LogP contribution is -2.28. The molecule has 0 aliphatic rings. The van der Waals surface area contributed by atoms with E-state index in [9.17, 15) is 14.0 Å². The molecule has 0 aliphatic heterocycles. The molecule has 0 fully saturated rings. The number of ketones is 1. The van der Waals surface area contributed by atoms with Crippen LogP contribution in [0.15, 0.2) is 36.4 Å². The Morgan fingerprint density at radius 1 is 1.17 bits per heavy atom. The van der Waals surface area contributed by atoms with Gasteiger partial charge in [0.25, 0.3) is 0 Å². The number of amides is 2. The van der Waals surface area contributed by atoms with Gasteiger partial charge in [-0.1, -0.05) is 6.07 Å². The van der Waals surface area contributed by atoms with Gasteiger partial charge in [-0.05, 0) is 55.3 Å². The van der Waals surface area contributed by atoms with Gasteiger partial charge in [-0.3, -0.25) is 4.79 Å². The van der Waals surface area contributed by atoms with E-state index in [4.69, 9.17) is 5.11 Å². The molecule has 0 aromatic heterocycles. The van der Waals surface area contributed by atoms with E-state index in [1.54, 1.807) is 31.2 Å². The van der Waals surface area contributed by atoms with Crippen molar-refractivity contribution < 1.29 is 19.1 Å². The van der Waals surface area contributed by atoms with Crippen LogP contribution in [0, 0.1) is 12.7 Å². The van der Waals surface area contributed by atoms with Crippen LogP contribution >= 0.6 is 0 Å². The molecule has 0 bridgehead atoms.